The predicted octanol–water partition coefficient (Wildman–Crippen LogP) is 0.353. The van der Waals surface area contributed by atoms with Crippen LogP contribution in [0.2, 0.25) is 0 Å². The first-order chi connectivity index (χ1) is 9.47. The Labute approximate surface area is 124 Å². The number of aryl methyl sites for hydroxylation is 1. The van der Waals surface area contributed by atoms with E-state index < -0.39 is 0 Å². The third-order valence-corrected chi connectivity index (χ3v) is 4.50. The molecule has 2 heterocycles. The fourth-order valence-electron chi connectivity index (χ4n) is 2.28. The summed E-state index contributed by atoms with van der Waals surface area (Å²) in [6, 6.07) is 0. The summed E-state index contributed by atoms with van der Waals surface area (Å²) in [6.45, 7) is 7.39. The Morgan fingerprint density at radius 1 is 1.35 bits per heavy atom. The highest BCUT2D eigenvalue weighted by atomic mass is 32.1. The van der Waals surface area contributed by atoms with Crippen molar-refractivity contribution < 1.29 is 4.79 Å². The molecule has 1 aromatic heterocycles. The maximum atomic E-state index is 12.4. The lowest BCUT2D eigenvalue weighted by Crippen LogP contribution is -2.49. The number of amides is 1. The minimum Gasteiger partial charge on any atom is -0.375 e. The number of aromatic nitrogens is 1. The van der Waals surface area contributed by atoms with Crippen molar-refractivity contribution >= 4 is 22.4 Å². The van der Waals surface area contributed by atoms with Crippen molar-refractivity contribution in [3.8, 4) is 0 Å². The molecule has 1 fully saturated rings. The van der Waals surface area contributed by atoms with Gasteiger partial charge in [-0.1, -0.05) is 11.3 Å². The van der Waals surface area contributed by atoms with Gasteiger partial charge in [0.05, 0.1) is 5.69 Å². The molecule has 7 heteroatoms. The molecule has 1 saturated heterocycles. The van der Waals surface area contributed by atoms with Crippen molar-refractivity contribution in [3.63, 3.8) is 0 Å². The van der Waals surface area contributed by atoms with E-state index in [4.69, 9.17) is 5.73 Å². The van der Waals surface area contributed by atoms with Gasteiger partial charge in [0.25, 0.3) is 5.91 Å². The third kappa shape index (κ3) is 3.68. The van der Waals surface area contributed by atoms with E-state index in [0.29, 0.717) is 10.0 Å². The second kappa shape index (κ2) is 6.51. The number of piperazine rings is 1. The SMILES string of the molecule is Cc1nc(N)sc1C(=O)N1CCN(CCN(C)C)CC1. The number of hydrogen-bond donors (Lipinski definition) is 1. The molecule has 0 atom stereocenters. The normalized spacial score (nSPS) is 16.9. The molecule has 0 spiro atoms. The molecule has 1 aromatic rings. The van der Waals surface area contributed by atoms with E-state index >= 15 is 0 Å². The molecule has 112 valence electrons. The van der Waals surface area contributed by atoms with Crippen LogP contribution in [0.3, 0.4) is 0 Å². The summed E-state index contributed by atoms with van der Waals surface area (Å²) in [5.74, 6) is 0.0731. The van der Waals surface area contributed by atoms with Crippen LogP contribution in [-0.4, -0.2) is 79.0 Å². The van der Waals surface area contributed by atoms with Crippen molar-refractivity contribution in [2.45, 2.75) is 6.92 Å². The summed E-state index contributed by atoms with van der Waals surface area (Å²) in [5.41, 5.74) is 6.40. The van der Waals surface area contributed by atoms with Crippen LogP contribution >= 0.6 is 11.3 Å². The summed E-state index contributed by atoms with van der Waals surface area (Å²) >= 11 is 1.29. The van der Waals surface area contributed by atoms with Crippen molar-refractivity contribution in [1.82, 2.24) is 19.7 Å². The van der Waals surface area contributed by atoms with Gasteiger partial charge >= 0.3 is 0 Å². The van der Waals surface area contributed by atoms with Crippen LogP contribution in [-0.2, 0) is 0 Å². The molecule has 6 nitrogen and oxygen atoms in total. The van der Waals surface area contributed by atoms with Crippen LogP contribution in [0, 0.1) is 6.92 Å². The number of rotatable bonds is 4. The molecular formula is C13H23N5OS. The Kier molecular flexibility index (Phi) is 4.95. The summed E-state index contributed by atoms with van der Waals surface area (Å²) < 4.78 is 0. The maximum absolute atomic E-state index is 12.4. The Balaban J connectivity index is 1.87. The number of carbonyl (C=O) groups is 1. The van der Waals surface area contributed by atoms with Crippen LogP contribution < -0.4 is 5.73 Å². The van der Waals surface area contributed by atoms with E-state index in [1.807, 2.05) is 11.8 Å². The molecule has 1 aliphatic heterocycles. The highest BCUT2D eigenvalue weighted by molar-refractivity contribution is 7.17. The summed E-state index contributed by atoms with van der Waals surface area (Å²) in [7, 11) is 4.16. The van der Waals surface area contributed by atoms with Crippen LogP contribution in [0.1, 0.15) is 15.4 Å². The van der Waals surface area contributed by atoms with Crippen LogP contribution in [0.15, 0.2) is 0 Å². The molecule has 0 radical (unpaired) electrons. The molecule has 2 rings (SSSR count). The molecule has 1 amide bonds. The highest BCUT2D eigenvalue weighted by Gasteiger charge is 2.24. The van der Waals surface area contributed by atoms with Crippen LogP contribution in [0.4, 0.5) is 5.13 Å². The zero-order valence-electron chi connectivity index (χ0n) is 12.4. The largest absolute Gasteiger partial charge is 0.375 e. The highest BCUT2D eigenvalue weighted by Crippen LogP contribution is 2.22. The molecule has 0 saturated carbocycles. The molecule has 0 aromatic carbocycles. The third-order valence-electron chi connectivity index (χ3n) is 3.53. The minimum absolute atomic E-state index is 0.0731. The van der Waals surface area contributed by atoms with Gasteiger partial charge in [0.15, 0.2) is 5.13 Å². The number of thiazole rings is 1. The number of hydrogen-bond acceptors (Lipinski definition) is 6. The van der Waals surface area contributed by atoms with E-state index in [0.717, 1.165) is 45.0 Å². The predicted molar refractivity (Wildman–Crippen MR) is 82.2 cm³/mol. The van der Waals surface area contributed by atoms with Gasteiger partial charge in [0.2, 0.25) is 0 Å². The first-order valence-corrected chi connectivity index (χ1v) is 7.68. The van der Waals surface area contributed by atoms with E-state index in [-0.39, 0.29) is 5.91 Å². The second-order valence-electron chi connectivity index (χ2n) is 5.40. The summed E-state index contributed by atoms with van der Waals surface area (Å²) in [4.78, 5) is 23.7. The molecule has 20 heavy (non-hydrogen) atoms. The number of nitrogens with zero attached hydrogens (tertiary/aromatic N) is 4. The minimum atomic E-state index is 0.0731. The van der Waals surface area contributed by atoms with Crippen molar-refractivity contribution in [3.05, 3.63) is 10.6 Å². The van der Waals surface area contributed by atoms with Gasteiger partial charge in [0.1, 0.15) is 4.88 Å². The lowest BCUT2D eigenvalue weighted by Gasteiger charge is -2.35. The quantitative estimate of drug-likeness (QED) is 0.869. The standard InChI is InChI=1S/C13H23N5OS/c1-10-11(20-13(14)15-10)12(19)18-8-6-17(7-9-18)5-4-16(2)3/h4-9H2,1-3H3,(H2,14,15). The monoisotopic (exact) mass is 297 g/mol. The van der Waals surface area contributed by atoms with Crippen molar-refractivity contribution in [1.29, 1.82) is 0 Å². The van der Waals surface area contributed by atoms with Crippen molar-refractivity contribution in [2.24, 2.45) is 0 Å². The lowest BCUT2D eigenvalue weighted by molar-refractivity contribution is 0.0633. The first-order valence-electron chi connectivity index (χ1n) is 6.86. The fraction of sp³-hybridized carbons (Fsp3) is 0.692. The second-order valence-corrected chi connectivity index (χ2v) is 6.43. The van der Waals surface area contributed by atoms with Crippen LogP contribution in [0.5, 0.6) is 0 Å². The Morgan fingerprint density at radius 3 is 2.50 bits per heavy atom. The number of likely N-dealkylation sites (N-methyl/N-ethyl adjacent to an activating group) is 1. The van der Waals surface area contributed by atoms with Gasteiger partial charge in [-0.05, 0) is 21.0 Å². The smallest absolute Gasteiger partial charge is 0.266 e. The van der Waals surface area contributed by atoms with Crippen LogP contribution in [0.25, 0.3) is 0 Å². The van der Waals surface area contributed by atoms with Gasteiger partial charge in [-0.3, -0.25) is 9.69 Å². The average Bonchev–Trinajstić information content (AvgIpc) is 2.75. The van der Waals surface area contributed by atoms with E-state index in [2.05, 4.69) is 28.9 Å². The first kappa shape index (κ1) is 15.2. The van der Waals surface area contributed by atoms with Gasteiger partial charge in [-0.15, -0.1) is 0 Å². The summed E-state index contributed by atoms with van der Waals surface area (Å²) in [6.07, 6.45) is 0. The molecular weight excluding hydrogens is 274 g/mol. The zero-order valence-corrected chi connectivity index (χ0v) is 13.2. The number of anilines is 1. The lowest BCUT2D eigenvalue weighted by atomic mass is 10.2. The molecule has 1 aliphatic rings. The van der Waals surface area contributed by atoms with Gasteiger partial charge in [-0.2, -0.15) is 0 Å². The molecule has 0 unspecified atom stereocenters. The zero-order chi connectivity index (χ0) is 14.7. The van der Waals surface area contributed by atoms with E-state index in [1.54, 1.807) is 0 Å². The molecule has 0 aliphatic carbocycles. The maximum Gasteiger partial charge on any atom is 0.266 e. The number of nitrogens with two attached hydrogens (primary N) is 1. The Hall–Kier alpha value is -1.18. The number of carbonyl (C=O) groups excluding carboxylic acids is 1. The van der Waals surface area contributed by atoms with Gasteiger partial charge in [0, 0.05) is 39.3 Å². The Bertz CT molecular complexity index is 465. The molecule has 2 N–H and O–H groups in total. The van der Waals surface area contributed by atoms with E-state index in [1.165, 1.54) is 11.3 Å². The van der Waals surface area contributed by atoms with E-state index in [9.17, 15) is 4.79 Å². The van der Waals surface area contributed by atoms with Gasteiger partial charge < -0.3 is 15.5 Å². The van der Waals surface area contributed by atoms with Crippen molar-refractivity contribution in [2.75, 3.05) is 59.1 Å². The summed E-state index contributed by atoms with van der Waals surface area (Å²) in [5, 5.41) is 0.468. The number of nitrogen functional groups attached to an aromatic ring is 1. The Morgan fingerprint density at radius 2 is 2.00 bits per heavy atom. The average molecular weight is 297 g/mol. The topological polar surface area (TPSA) is 65.7 Å². The fourth-order valence-corrected chi connectivity index (χ4v) is 3.08. The van der Waals surface area contributed by atoms with Gasteiger partial charge in [-0.25, -0.2) is 4.98 Å². The molecule has 0 bridgehead atoms.